The Morgan fingerprint density at radius 2 is 1.67 bits per heavy atom. The molecule has 2 unspecified atom stereocenters. The summed E-state index contributed by atoms with van der Waals surface area (Å²) in [6.07, 6.45) is 9.48. The first-order valence-electron chi connectivity index (χ1n) is 6.70. The molecular formula is C14H27N. The van der Waals surface area contributed by atoms with Crippen molar-refractivity contribution in [2.24, 2.45) is 23.0 Å². The van der Waals surface area contributed by atoms with Crippen LogP contribution < -0.4 is 5.73 Å². The molecule has 88 valence electrons. The predicted octanol–water partition coefficient (Wildman–Crippen LogP) is 3.72. The molecule has 0 aromatic heterocycles. The molecule has 0 spiro atoms. The highest BCUT2D eigenvalue weighted by Crippen LogP contribution is 2.49. The van der Waals surface area contributed by atoms with E-state index in [-0.39, 0.29) is 5.54 Å². The zero-order valence-corrected chi connectivity index (χ0v) is 10.7. The summed E-state index contributed by atoms with van der Waals surface area (Å²) >= 11 is 0. The van der Waals surface area contributed by atoms with Gasteiger partial charge < -0.3 is 5.73 Å². The van der Waals surface area contributed by atoms with E-state index in [9.17, 15) is 0 Å². The Kier molecular flexibility index (Phi) is 2.87. The molecular weight excluding hydrogens is 182 g/mol. The van der Waals surface area contributed by atoms with Gasteiger partial charge in [-0.2, -0.15) is 0 Å². The van der Waals surface area contributed by atoms with Crippen molar-refractivity contribution in [1.82, 2.24) is 0 Å². The molecule has 0 amide bonds. The van der Waals surface area contributed by atoms with E-state index in [0.29, 0.717) is 5.41 Å². The maximum Gasteiger partial charge on any atom is 0.0190 e. The second kappa shape index (κ2) is 3.76. The summed E-state index contributed by atoms with van der Waals surface area (Å²) in [7, 11) is 0. The summed E-state index contributed by atoms with van der Waals surface area (Å²) in [5.74, 6) is 1.64. The average Bonchev–Trinajstić information content (AvgIpc) is 2.49. The van der Waals surface area contributed by atoms with Gasteiger partial charge in [-0.25, -0.2) is 0 Å². The van der Waals surface area contributed by atoms with E-state index < -0.39 is 0 Å². The summed E-state index contributed by atoms with van der Waals surface area (Å²) in [5, 5.41) is 0. The first-order chi connectivity index (χ1) is 6.91. The molecule has 1 nitrogen and oxygen atoms in total. The maximum absolute atomic E-state index is 6.73. The molecule has 0 aromatic rings. The largest absolute Gasteiger partial charge is 0.325 e. The first kappa shape index (κ1) is 11.4. The fourth-order valence-corrected chi connectivity index (χ4v) is 4.51. The van der Waals surface area contributed by atoms with Gasteiger partial charge in [-0.3, -0.25) is 0 Å². The zero-order valence-electron chi connectivity index (χ0n) is 10.7. The van der Waals surface area contributed by atoms with Crippen LogP contribution in [-0.2, 0) is 0 Å². The average molecular weight is 209 g/mol. The van der Waals surface area contributed by atoms with E-state index >= 15 is 0 Å². The summed E-state index contributed by atoms with van der Waals surface area (Å²) in [6, 6.07) is 0. The highest BCUT2D eigenvalue weighted by molar-refractivity contribution is 5.01. The van der Waals surface area contributed by atoms with Crippen LogP contribution >= 0.6 is 0 Å². The predicted molar refractivity (Wildman–Crippen MR) is 65.7 cm³/mol. The van der Waals surface area contributed by atoms with Crippen LogP contribution in [0.15, 0.2) is 0 Å². The molecule has 2 aliphatic carbocycles. The van der Waals surface area contributed by atoms with Crippen LogP contribution in [-0.4, -0.2) is 5.54 Å². The van der Waals surface area contributed by atoms with Crippen molar-refractivity contribution in [1.29, 1.82) is 0 Å². The summed E-state index contributed by atoms with van der Waals surface area (Å²) in [6.45, 7) is 7.19. The zero-order chi connectivity index (χ0) is 11.1. The van der Waals surface area contributed by atoms with Gasteiger partial charge >= 0.3 is 0 Å². The monoisotopic (exact) mass is 209 g/mol. The lowest BCUT2D eigenvalue weighted by Crippen LogP contribution is -2.53. The number of rotatable bonds is 1. The van der Waals surface area contributed by atoms with E-state index in [2.05, 4.69) is 20.8 Å². The van der Waals surface area contributed by atoms with Crippen molar-refractivity contribution in [2.75, 3.05) is 0 Å². The molecule has 2 rings (SSSR count). The van der Waals surface area contributed by atoms with Crippen LogP contribution in [0.3, 0.4) is 0 Å². The third-order valence-corrected chi connectivity index (χ3v) is 4.61. The molecule has 15 heavy (non-hydrogen) atoms. The molecule has 0 radical (unpaired) electrons. The van der Waals surface area contributed by atoms with Gasteiger partial charge in [0.25, 0.3) is 0 Å². The van der Waals surface area contributed by atoms with Crippen molar-refractivity contribution in [3.05, 3.63) is 0 Å². The first-order valence-corrected chi connectivity index (χ1v) is 6.70. The van der Waals surface area contributed by atoms with Crippen molar-refractivity contribution in [2.45, 2.75) is 71.3 Å². The molecule has 2 saturated carbocycles. The van der Waals surface area contributed by atoms with Gasteiger partial charge in [0, 0.05) is 5.54 Å². The molecule has 0 bridgehead atoms. The van der Waals surface area contributed by atoms with Gasteiger partial charge in [-0.05, 0) is 49.4 Å². The van der Waals surface area contributed by atoms with Crippen LogP contribution in [0, 0.1) is 17.3 Å². The van der Waals surface area contributed by atoms with Crippen molar-refractivity contribution in [3.63, 3.8) is 0 Å². The van der Waals surface area contributed by atoms with Crippen LogP contribution in [0.25, 0.3) is 0 Å². The van der Waals surface area contributed by atoms with Gasteiger partial charge in [0.05, 0.1) is 0 Å². The quantitative estimate of drug-likeness (QED) is 0.700. The second-order valence-electron chi connectivity index (χ2n) is 7.07. The topological polar surface area (TPSA) is 26.0 Å². The van der Waals surface area contributed by atoms with E-state index in [1.165, 1.54) is 44.9 Å². The molecule has 0 saturated heterocycles. The molecule has 0 aliphatic heterocycles. The standard InChI is InChI=1S/C14H27N/c1-11-8-13(2,3)10-14(15,9-11)12-6-4-5-7-12/h11-12H,4-10,15H2,1-3H3. The molecule has 2 atom stereocenters. The second-order valence-corrected chi connectivity index (χ2v) is 7.07. The highest BCUT2D eigenvalue weighted by Gasteiger charge is 2.45. The van der Waals surface area contributed by atoms with Gasteiger partial charge in [-0.1, -0.05) is 33.6 Å². The normalized spacial score (nSPS) is 42.0. The van der Waals surface area contributed by atoms with E-state index in [1.54, 1.807) is 0 Å². The molecule has 2 N–H and O–H groups in total. The van der Waals surface area contributed by atoms with Gasteiger partial charge in [0.15, 0.2) is 0 Å². The SMILES string of the molecule is CC1CC(C)(C)CC(N)(C2CCCC2)C1. The molecule has 2 fully saturated rings. The third-order valence-electron chi connectivity index (χ3n) is 4.61. The van der Waals surface area contributed by atoms with Crippen LogP contribution in [0.5, 0.6) is 0 Å². The number of nitrogens with two attached hydrogens (primary N) is 1. The van der Waals surface area contributed by atoms with Gasteiger partial charge in [-0.15, -0.1) is 0 Å². The fraction of sp³-hybridized carbons (Fsp3) is 1.00. The fourth-order valence-electron chi connectivity index (χ4n) is 4.51. The smallest absolute Gasteiger partial charge is 0.0190 e. The summed E-state index contributed by atoms with van der Waals surface area (Å²) < 4.78 is 0. The Morgan fingerprint density at radius 1 is 1.07 bits per heavy atom. The Bertz CT molecular complexity index is 227. The van der Waals surface area contributed by atoms with E-state index in [1.807, 2.05) is 0 Å². The highest BCUT2D eigenvalue weighted by atomic mass is 14.8. The lowest BCUT2D eigenvalue weighted by atomic mass is 9.60. The van der Waals surface area contributed by atoms with Crippen LogP contribution in [0.2, 0.25) is 0 Å². The summed E-state index contributed by atoms with van der Waals surface area (Å²) in [4.78, 5) is 0. The summed E-state index contributed by atoms with van der Waals surface area (Å²) in [5.41, 5.74) is 7.36. The lowest BCUT2D eigenvalue weighted by molar-refractivity contribution is 0.0684. The van der Waals surface area contributed by atoms with Crippen LogP contribution in [0.4, 0.5) is 0 Å². The van der Waals surface area contributed by atoms with E-state index in [4.69, 9.17) is 5.73 Å². The molecule has 0 aromatic carbocycles. The minimum atomic E-state index is 0.164. The Hall–Kier alpha value is -0.0400. The van der Waals surface area contributed by atoms with Gasteiger partial charge in [0.1, 0.15) is 0 Å². The van der Waals surface area contributed by atoms with Gasteiger partial charge in [0.2, 0.25) is 0 Å². The van der Waals surface area contributed by atoms with Crippen molar-refractivity contribution >= 4 is 0 Å². The van der Waals surface area contributed by atoms with Crippen LogP contribution in [0.1, 0.15) is 65.7 Å². The van der Waals surface area contributed by atoms with Crippen molar-refractivity contribution in [3.8, 4) is 0 Å². The Balaban J connectivity index is 2.12. The van der Waals surface area contributed by atoms with E-state index in [0.717, 1.165) is 11.8 Å². The minimum Gasteiger partial charge on any atom is -0.325 e. The molecule has 0 heterocycles. The number of hydrogen-bond donors (Lipinski definition) is 1. The Morgan fingerprint density at radius 3 is 2.20 bits per heavy atom. The van der Waals surface area contributed by atoms with Crippen molar-refractivity contribution < 1.29 is 0 Å². The lowest BCUT2D eigenvalue weighted by Gasteiger charge is -2.48. The minimum absolute atomic E-state index is 0.164. The number of hydrogen-bond acceptors (Lipinski definition) is 1. The molecule has 1 heteroatoms. The Labute approximate surface area is 94.8 Å². The maximum atomic E-state index is 6.73. The third kappa shape index (κ3) is 2.38. The molecule has 2 aliphatic rings.